The first kappa shape index (κ1) is 17.2. The molecule has 0 unspecified atom stereocenters. The highest BCUT2D eigenvalue weighted by molar-refractivity contribution is 6.31. The smallest absolute Gasteiger partial charge is 0.387 e. The van der Waals surface area contributed by atoms with E-state index >= 15 is 0 Å². The van der Waals surface area contributed by atoms with Gasteiger partial charge in [0.2, 0.25) is 0 Å². The van der Waals surface area contributed by atoms with Crippen molar-refractivity contribution in [3.63, 3.8) is 0 Å². The number of carbonyl (C=O) groups is 1. The quantitative estimate of drug-likeness (QED) is 0.641. The lowest BCUT2D eigenvalue weighted by Crippen LogP contribution is -2.25. The number of alkyl halides is 2. The zero-order chi connectivity index (χ0) is 18.0. The molecular weight excluding hydrogens is 352 g/mol. The molecule has 0 saturated heterocycles. The van der Waals surface area contributed by atoms with E-state index in [1.807, 2.05) is 0 Å². The van der Waals surface area contributed by atoms with E-state index in [2.05, 4.69) is 4.74 Å². The molecule has 0 fully saturated rings. The predicted octanol–water partition coefficient (Wildman–Crippen LogP) is 4.96. The lowest BCUT2D eigenvalue weighted by molar-refractivity contribution is -0.0498. The van der Waals surface area contributed by atoms with Crippen molar-refractivity contribution in [1.82, 2.24) is 4.90 Å². The SMILES string of the molecule is CN(Cc1ccc(OC(F)F)cc1)C(=O)c1cc2cc(Cl)ccc2o1. The van der Waals surface area contributed by atoms with Crippen molar-refractivity contribution in [3.05, 3.63) is 64.9 Å². The van der Waals surface area contributed by atoms with Crippen LogP contribution in [0.2, 0.25) is 5.02 Å². The number of furan rings is 1. The van der Waals surface area contributed by atoms with E-state index in [4.69, 9.17) is 16.0 Å². The Balaban J connectivity index is 1.71. The third-order valence-electron chi connectivity index (χ3n) is 3.60. The van der Waals surface area contributed by atoms with Gasteiger partial charge in [-0.15, -0.1) is 0 Å². The van der Waals surface area contributed by atoms with Gasteiger partial charge in [0.25, 0.3) is 5.91 Å². The van der Waals surface area contributed by atoms with Crippen LogP contribution < -0.4 is 4.74 Å². The first-order chi connectivity index (χ1) is 11.9. The average molecular weight is 366 g/mol. The Labute approximate surface area is 147 Å². The van der Waals surface area contributed by atoms with Crippen molar-refractivity contribution >= 4 is 28.5 Å². The van der Waals surface area contributed by atoms with E-state index in [-0.39, 0.29) is 17.4 Å². The van der Waals surface area contributed by atoms with Crippen LogP contribution in [0.4, 0.5) is 8.78 Å². The Bertz CT molecular complexity index is 893. The van der Waals surface area contributed by atoms with Crippen LogP contribution in [0.25, 0.3) is 11.0 Å². The summed E-state index contributed by atoms with van der Waals surface area (Å²) < 4.78 is 34.1. The van der Waals surface area contributed by atoms with Crippen LogP contribution in [0.5, 0.6) is 5.75 Å². The Hall–Kier alpha value is -2.60. The zero-order valence-corrected chi connectivity index (χ0v) is 14.0. The van der Waals surface area contributed by atoms with Crippen LogP contribution >= 0.6 is 11.6 Å². The van der Waals surface area contributed by atoms with E-state index in [1.165, 1.54) is 17.0 Å². The first-order valence-electron chi connectivity index (χ1n) is 7.40. The molecule has 4 nitrogen and oxygen atoms in total. The molecule has 3 aromatic rings. The standard InChI is InChI=1S/C18H14ClF2NO3/c1-22(10-11-2-5-14(6-3-11)24-18(20)21)17(23)16-9-12-8-13(19)4-7-15(12)25-16/h2-9,18H,10H2,1H3. The van der Waals surface area contributed by atoms with Crippen LogP contribution in [-0.4, -0.2) is 24.5 Å². The maximum Gasteiger partial charge on any atom is 0.387 e. The van der Waals surface area contributed by atoms with E-state index in [9.17, 15) is 13.6 Å². The molecule has 0 spiro atoms. The van der Waals surface area contributed by atoms with Crippen molar-refractivity contribution in [2.45, 2.75) is 13.2 Å². The Morgan fingerprint density at radius 1 is 1.20 bits per heavy atom. The van der Waals surface area contributed by atoms with E-state index < -0.39 is 6.61 Å². The van der Waals surface area contributed by atoms with E-state index in [1.54, 1.807) is 43.4 Å². The van der Waals surface area contributed by atoms with Gasteiger partial charge in [0.1, 0.15) is 11.3 Å². The number of amides is 1. The molecule has 3 rings (SSSR count). The molecule has 0 aliphatic rings. The van der Waals surface area contributed by atoms with Crippen molar-refractivity contribution < 1.29 is 22.7 Å². The van der Waals surface area contributed by atoms with Gasteiger partial charge in [0.05, 0.1) is 0 Å². The summed E-state index contributed by atoms with van der Waals surface area (Å²) in [5, 5.41) is 1.31. The Morgan fingerprint density at radius 2 is 1.92 bits per heavy atom. The molecule has 130 valence electrons. The summed E-state index contributed by atoms with van der Waals surface area (Å²) in [5.41, 5.74) is 1.35. The summed E-state index contributed by atoms with van der Waals surface area (Å²) in [6.07, 6.45) is 0. The van der Waals surface area contributed by atoms with Crippen LogP contribution in [0.1, 0.15) is 16.1 Å². The molecule has 2 aromatic carbocycles. The fraction of sp³-hybridized carbons (Fsp3) is 0.167. The van der Waals surface area contributed by atoms with Crippen LogP contribution in [-0.2, 0) is 6.54 Å². The second-order valence-electron chi connectivity index (χ2n) is 5.48. The lowest BCUT2D eigenvalue weighted by atomic mass is 10.2. The molecule has 0 saturated carbocycles. The third-order valence-corrected chi connectivity index (χ3v) is 3.84. The van der Waals surface area contributed by atoms with Gasteiger partial charge in [0.15, 0.2) is 5.76 Å². The van der Waals surface area contributed by atoms with Gasteiger partial charge in [-0.1, -0.05) is 23.7 Å². The maximum absolute atomic E-state index is 12.5. The van der Waals surface area contributed by atoms with Crippen molar-refractivity contribution in [1.29, 1.82) is 0 Å². The Kier molecular flexibility index (Phi) is 4.90. The molecule has 1 heterocycles. The van der Waals surface area contributed by atoms with Gasteiger partial charge in [-0.25, -0.2) is 0 Å². The van der Waals surface area contributed by atoms with E-state index in [0.717, 1.165) is 10.9 Å². The molecule has 0 aliphatic carbocycles. The number of hydrogen-bond acceptors (Lipinski definition) is 3. The molecule has 0 bridgehead atoms. The van der Waals surface area contributed by atoms with Gasteiger partial charge in [-0.3, -0.25) is 4.79 Å². The molecular formula is C18H14ClF2NO3. The van der Waals surface area contributed by atoms with Gasteiger partial charge in [0, 0.05) is 24.0 Å². The highest BCUT2D eigenvalue weighted by Gasteiger charge is 2.17. The first-order valence-corrected chi connectivity index (χ1v) is 7.78. The number of nitrogens with zero attached hydrogens (tertiary/aromatic N) is 1. The minimum atomic E-state index is -2.86. The normalized spacial score (nSPS) is 11.1. The summed E-state index contributed by atoms with van der Waals surface area (Å²) in [7, 11) is 1.63. The number of carbonyl (C=O) groups excluding carboxylic acids is 1. The summed E-state index contributed by atoms with van der Waals surface area (Å²) in [4.78, 5) is 14.0. The monoisotopic (exact) mass is 365 g/mol. The molecule has 0 radical (unpaired) electrons. The molecule has 1 aromatic heterocycles. The van der Waals surface area contributed by atoms with Gasteiger partial charge in [-0.05, 0) is 42.0 Å². The number of halogens is 3. The van der Waals surface area contributed by atoms with Crippen LogP contribution in [0, 0.1) is 0 Å². The van der Waals surface area contributed by atoms with Crippen molar-refractivity contribution in [2.24, 2.45) is 0 Å². The van der Waals surface area contributed by atoms with Crippen LogP contribution in [0.3, 0.4) is 0 Å². The van der Waals surface area contributed by atoms with E-state index in [0.29, 0.717) is 17.2 Å². The number of fused-ring (bicyclic) bond motifs is 1. The topological polar surface area (TPSA) is 42.7 Å². The highest BCUT2D eigenvalue weighted by atomic mass is 35.5. The number of hydrogen-bond donors (Lipinski definition) is 0. The van der Waals surface area contributed by atoms with Crippen LogP contribution in [0.15, 0.2) is 52.9 Å². The molecule has 0 N–H and O–H groups in total. The summed E-state index contributed by atoms with van der Waals surface area (Å²) in [5.74, 6) is -0.0143. The average Bonchev–Trinajstić information content (AvgIpc) is 2.98. The van der Waals surface area contributed by atoms with Gasteiger partial charge in [-0.2, -0.15) is 8.78 Å². The second-order valence-corrected chi connectivity index (χ2v) is 5.91. The molecule has 0 aliphatic heterocycles. The fourth-order valence-electron chi connectivity index (χ4n) is 2.43. The summed E-state index contributed by atoms with van der Waals surface area (Å²) in [6, 6.07) is 12.9. The van der Waals surface area contributed by atoms with Gasteiger partial charge >= 0.3 is 6.61 Å². The predicted molar refractivity (Wildman–Crippen MR) is 90.1 cm³/mol. The molecule has 0 atom stereocenters. The third kappa shape index (κ3) is 4.09. The van der Waals surface area contributed by atoms with Gasteiger partial charge < -0.3 is 14.1 Å². The minimum Gasteiger partial charge on any atom is -0.451 e. The second kappa shape index (κ2) is 7.11. The summed E-state index contributed by atoms with van der Waals surface area (Å²) in [6.45, 7) is -2.57. The largest absolute Gasteiger partial charge is 0.451 e. The number of rotatable bonds is 5. The maximum atomic E-state index is 12.5. The zero-order valence-electron chi connectivity index (χ0n) is 13.2. The van der Waals surface area contributed by atoms with Crippen molar-refractivity contribution in [2.75, 3.05) is 7.05 Å². The highest BCUT2D eigenvalue weighted by Crippen LogP contribution is 2.24. The molecule has 1 amide bonds. The Morgan fingerprint density at radius 3 is 2.60 bits per heavy atom. The molecule has 25 heavy (non-hydrogen) atoms. The lowest BCUT2D eigenvalue weighted by Gasteiger charge is -2.16. The minimum absolute atomic E-state index is 0.0712. The van der Waals surface area contributed by atoms with Crippen molar-refractivity contribution in [3.8, 4) is 5.75 Å². The summed E-state index contributed by atoms with van der Waals surface area (Å²) >= 11 is 5.93. The molecule has 7 heteroatoms. The fourth-order valence-corrected chi connectivity index (χ4v) is 2.61. The number of benzene rings is 2. The number of ether oxygens (including phenoxy) is 1.